The molecular weight excluding hydrogens is 470 g/mol. The first-order valence-corrected chi connectivity index (χ1v) is 10.9. The Morgan fingerprint density at radius 2 is 2.00 bits per heavy atom. The monoisotopic (exact) mass is 501 g/mol. The number of hydrogen-bond acceptors (Lipinski definition) is 13. The summed E-state index contributed by atoms with van der Waals surface area (Å²) >= 11 is 4.39. The number of thiol groups is 1. The first kappa shape index (κ1) is 27.6. The maximum absolute atomic E-state index is 11.7. The summed E-state index contributed by atoms with van der Waals surface area (Å²) < 4.78 is 5.69. The number of ether oxygens (including phenoxy) is 1. The molecular formula is C19H31N7O7S. The molecule has 1 amide bonds. The molecule has 4 atom stereocenters. The average molecular weight is 502 g/mol. The van der Waals surface area contributed by atoms with Crippen molar-refractivity contribution in [1.82, 2.24) is 15.3 Å². The van der Waals surface area contributed by atoms with Crippen molar-refractivity contribution in [2.75, 3.05) is 48.5 Å². The molecule has 34 heavy (non-hydrogen) atoms. The van der Waals surface area contributed by atoms with Crippen LogP contribution in [0.25, 0.3) is 0 Å². The molecule has 0 aromatic carbocycles. The number of anilines is 3. The van der Waals surface area contributed by atoms with E-state index in [0.717, 1.165) is 0 Å². The molecule has 1 aromatic rings. The number of carbonyl (C=O) groups excluding carboxylic acids is 1. The number of nitrogens with zero attached hydrogens (tertiary/aromatic N) is 3. The first-order chi connectivity index (χ1) is 16.2. The van der Waals surface area contributed by atoms with Crippen LogP contribution >= 0.6 is 12.6 Å². The average Bonchev–Trinajstić information content (AvgIpc) is 3.23. The van der Waals surface area contributed by atoms with Gasteiger partial charge in [0.2, 0.25) is 11.9 Å². The van der Waals surface area contributed by atoms with Gasteiger partial charge in [0, 0.05) is 13.1 Å². The third-order valence-electron chi connectivity index (χ3n) is 4.85. The van der Waals surface area contributed by atoms with E-state index >= 15 is 0 Å². The van der Waals surface area contributed by atoms with Crippen LogP contribution in [0.4, 0.5) is 17.5 Å². The van der Waals surface area contributed by atoms with Gasteiger partial charge in [-0.3, -0.25) is 9.59 Å². The third kappa shape index (κ3) is 7.68. The van der Waals surface area contributed by atoms with E-state index in [2.05, 4.69) is 38.5 Å². The minimum Gasteiger partial charge on any atom is -0.481 e. The molecule has 9 N–H and O–H groups in total. The molecule has 15 heteroatoms. The van der Waals surface area contributed by atoms with Gasteiger partial charge < -0.3 is 51.7 Å². The van der Waals surface area contributed by atoms with Crippen LogP contribution in [0.5, 0.6) is 0 Å². The van der Waals surface area contributed by atoms with E-state index in [-0.39, 0.29) is 12.5 Å². The molecule has 1 aromatic heterocycles. The van der Waals surface area contributed by atoms with Crippen molar-refractivity contribution in [3.63, 3.8) is 0 Å². The second kappa shape index (κ2) is 13.3. The summed E-state index contributed by atoms with van der Waals surface area (Å²) in [6.45, 7) is 1.55. The summed E-state index contributed by atoms with van der Waals surface area (Å²) in [5.41, 5.74) is 6.08. The predicted octanol–water partition coefficient (Wildman–Crippen LogP) is -2.08. The largest absolute Gasteiger partial charge is 0.481 e. The van der Waals surface area contributed by atoms with Crippen LogP contribution in [0.1, 0.15) is 13.3 Å². The number of hydrogen-bond donors (Lipinski definition) is 9. The lowest BCUT2D eigenvalue weighted by molar-refractivity contribution is -0.139. The number of carboxylic acid groups (broad SMARTS) is 1. The van der Waals surface area contributed by atoms with Gasteiger partial charge in [-0.05, 0) is 6.92 Å². The summed E-state index contributed by atoms with van der Waals surface area (Å²) in [7, 11) is 0. The lowest BCUT2D eigenvalue weighted by atomic mass is 10.2. The van der Waals surface area contributed by atoms with Gasteiger partial charge in [-0.1, -0.05) is 12.2 Å². The van der Waals surface area contributed by atoms with Crippen molar-refractivity contribution >= 4 is 42.0 Å². The third-order valence-corrected chi connectivity index (χ3v) is 5.17. The number of aliphatic hydroxyl groups excluding tert-OH is 3. The number of nitrogens with one attached hydrogen (secondary N) is 3. The molecule has 2 heterocycles. The zero-order valence-electron chi connectivity index (χ0n) is 18.6. The maximum atomic E-state index is 11.7. The standard InChI is InChI=1S/C19H31N7O7S/c1-10(33-13(8-28)12(29)7-27)26-9-23-15-16(26)24-19(25-18(15)34)22-5-3-2-4-21-17(32)11(20)6-14(30)31/h2-3,10-13,23,27-29H,4-9,20H2,1H3,(H,21,32)(H,30,31)(H2,22,24,25,34)/b3-2+/t10?,11?,12-,13-/m1/s1. The molecule has 0 bridgehead atoms. The van der Waals surface area contributed by atoms with Crippen molar-refractivity contribution in [2.45, 2.75) is 42.8 Å². The van der Waals surface area contributed by atoms with Crippen LogP contribution in [-0.4, -0.2) is 99.7 Å². The van der Waals surface area contributed by atoms with Gasteiger partial charge in [0.15, 0.2) is 5.82 Å². The molecule has 190 valence electrons. The molecule has 2 unspecified atom stereocenters. The van der Waals surface area contributed by atoms with E-state index in [0.29, 0.717) is 29.7 Å². The van der Waals surface area contributed by atoms with Crippen molar-refractivity contribution in [1.29, 1.82) is 0 Å². The SMILES string of the molecule is CC(O[C@H](CO)[C@H](O)CO)N1CNc2c(S)nc(NC/C=C/CNC(=O)C(N)CC(=O)O)nc21. The van der Waals surface area contributed by atoms with Crippen LogP contribution in [0.3, 0.4) is 0 Å². The Labute approximate surface area is 201 Å². The van der Waals surface area contributed by atoms with Gasteiger partial charge in [0.25, 0.3) is 0 Å². The summed E-state index contributed by atoms with van der Waals surface area (Å²) in [6, 6.07) is -1.11. The number of fused-ring (bicyclic) bond motifs is 1. The molecule has 0 saturated carbocycles. The number of aliphatic hydroxyl groups is 3. The van der Waals surface area contributed by atoms with Crippen molar-refractivity contribution in [2.24, 2.45) is 5.73 Å². The van der Waals surface area contributed by atoms with E-state index in [9.17, 15) is 19.8 Å². The molecule has 2 rings (SSSR count). The van der Waals surface area contributed by atoms with Crippen LogP contribution in [0.2, 0.25) is 0 Å². The fourth-order valence-corrected chi connectivity index (χ4v) is 3.28. The van der Waals surface area contributed by atoms with Gasteiger partial charge in [-0.25, -0.2) is 4.98 Å². The number of aliphatic carboxylic acids is 1. The van der Waals surface area contributed by atoms with Gasteiger partial charge in [-0.15, -0.1) is 12.6 Å². The van der Waals surface area contributed by atoms with Crippen LogP contribution < -0.4 is 26.6 Å². The first-order valence-electron chi connectivity index (χ1n) is 10.5. The van der Waals surface area contributed by atoms with Crippen molar-refractivity contribution in [3.05, 3.63) is 12.2 Å². The van der Waals surface area contributed by atoms with Crippen LogP contribution in [0, 0.1) is 0 Å². The van der Waals surface area contributed by atoms with E-state index in [1.807, 2.05) is 0 Å². The zero-order valence-corrected chi connectivity index (χ0v) is 19.5. The zero-order chi connectivity index (χ0) is 25.3. The highest BCUT2D eigenvalue weighted by atomic mass is 32.1. The second-order valence-electron chi connectivity index (χ2n) is 7.38. The molecule has 0 aliphatic carbocycles. The van der Waals surface area contributed by atoms with Crippen molar-refractivity contribution in [3.8, 4) is 0 Å². The molecule has 0 saturated heterocycles. The maximum Gasteiger partial charge on any atom is 0.305 e. The predicted molar refractivity (Wildman–Crippen MR) is 126 cm³/mol. The Morgan fingerprint density at radius 3 is 2.65 bits per heavy atom. The summed E-state index contributed by atoms with van der Waals surface area (Å²) in [5, 5.41) is 46.0. The van der Waals surface area contributed by atoms with Crippen molar-refractivity contribution < 1.29 is 34.8 Å². The highest BCUT2D eigenvalue weighted by molar-refractivity contribution is 7.80. The molecule has 1 aliphatic heterocycles. The van der Waals surface area contributed by atoms with E-state index in [4.69, 9.17) is 20.7 Å². The van der Waals surface area contributed by atoms with Gasteiger partial charge in [0.05, 0.1) is 32.3 Å². The molecule has 1 aliphatic rings. The fourth-order valence-electron chi connectivity index (χ4n) is 3.01. The van der Waals surface area contributed by atoms with Gasteiger partial charge >= 0.3 is 5.97 Å². The topological polar surface area (TPSA) is 215 Å². The molecule has 0 spiro atoms. The minimum atomic E-state index is -1.23. The Balaban J connectivity index is 1.92. The lowest BCUT2D eigenvalue weighted by Crippen LogP contribution is -2.44. The normalized spacial score (nSPS) is 16.5. The molecule has 0 radical (unpaired) electrons. The Kier molecular flexibility index (Phi) is 10.7. The lowest BCUT2D eigenvalue weighted by Gasteiger charge is -2.30. The number of aromatic nitrogens is 2. The summed E-state index contributed by atoms with van der Waals surface area (Å²) in [5.74, 6) is -0.906. The Bertz CT molecular complexity index is 876. The highest BCUT2D eigenvalue weighted by Crippen LogP contribution is 2.36. The molecule has 14 nitrogen and oxygen atoms in total. The number of nitrogens with two attached hydrogens (primary N) is 1. The number of carbonyl (C=O) groups is 2. The van der Waals surface area contributed by atoms with Gasteiger partial charge in [0.1, 0.15) is 29.1 Å². The number of carboxylic acids is 1. The summed E-state index contributed by atoms with van der Waals surface area (Å²) in [6.07, 6.45) is 0.147. The number of rotatable bonds is 14. The summed E-state index contributed by atoms with van der Waals surface area (Å²) in [4.78, 5) is 32.7. The fraction of sp³-hybridized carbons (Fsp3) is 0.579. The van der Waals surface area contributed by atoms with E-state index < -0.39 is 56.0 Å². The quantitative estimate of drug-likeness (QED) is 0.0761. The number of amides is 1. The Hall–Kier alpha value is -2.69. The van der Waals surface area contributed by atoms with Crippen LogP contribution in [-0.2, 0) is 14.3 Å². The Morgan fingerprint density at radius 1 is 1.29 bits per heavy atom. The second-order valence-corrected chi connectivity index (χ2v) is 7.81. The van der Waals surface area contributed by atoms with Gasteiger partial charge in [-0.2, -0.15) is 4.98 Å². The van der Waals surface area contributed by atoms with Crippen LogP contribution in [0.15, 0.2) is 17.2 Å². The van der Waals surface area contributed by atoms with E-state index in [1.54, 1.807) is 24.0 Å². The smallest absolute Gasteiger partial charge is 0.305 e. The van der Waals surface area contributed by atoms with E-state index in [1.165, 1.54) is 0 Å². The minimum absolute atomic E-state index is 0.176. The molecule has 0 fully saturated rings. The highest BCUT2D eigenvalue weighted by Gasteiger charge is 2.31.